The second-order valence-electron chi connectivity index (χ2n) is 7.01. The molecule has 4 rings (SSSR count). The van der Waals surface area contributed by atoms with Crippen LogP contribution in [0.1, 0.15) is 18.1 Å². The van der Waals surface area contributed by atoms with Gasteiger partial charge < -0.3 is 5.32 Å². The number of benzene rings is 1. The summed E-state index contributed by atoms with van der Waals surface area (Å²) in [7, 11) is 1.78. The Labute approximate surface area is 162 Å². The molecule has 2 aromatic heterocycles. The number of alkyl halides is 2. The molecule has 1 aliphatic rings. The second-order valence-corrected chi connectivity index (χ2v) is 7.01. The highest BCUT2D eigenvalue weighted by Crippen LogP contribution is 2.39. The Hall–Kier alpha value is -3.15. The fraction of sp³-hybridized carbons (Fsp3) is 0.227. The SMILES string of the molecule is CNc1nc(-c2cccnc2)nc2ccc(C3=CC=C[C@@](C)(F)C3F)c(C)c12. The monoisotopic (exact) mass is 378 g/mol. The minimum Gasteiger partial charge on any atom is -0.373 e. The van der Waals surface area contributed by atoms with Gasteiger partial charge in [-0.25, -0.2) is 18.7 Å². The maximum atomic E-state index is 14.8. The Kier molecular flexibility index (Phi) is 4.41. The number of aromatic nitrogens is 3. The van der Waals surface area contributed by atoms with Crippen LogP contribution in [-0.2, 0) is 0 Å². The Morgan fingerprint density at radius 3 is 2.71 bits per heavy atom. The van der Waals surface area contributed by atoms with Crippen molar-refractivity contribution in [2.75, 3.05) is 12.4 Å². The Balaban J connectivity index is 1.91. The van der Waals surface area contributed by atoms with Crippen LogP contribution in [0, 0.1) is 6.92 Å². The predicted molar refractivity (Wildman–Crippen MR) is 109 cm³/mol. The lowest BCUT2D eigenvalue weighted by Gasteiger charge is -2.27. The maximum absolute atomic E-state index is 14.8. The van der Waals surface area contributed by atoms with E-state index in [9.17, 15) is 8.78 Å². The molecule has 1 unspecified atom stereocenters. The van der Waals surface area contributed by atoms with Gasteiger partial charge in [0, 0.05) is 30.4 Å². The van der Waals surface area contributed by atoms with Crippen LogP contribution < -0.4 is 5.32 Å². The smallest absolute Gasteiger partial charge is 0.163 e. The van der Waals surface area contributed by atoms with Crippen LogP contribution in [0.4, 0.5) is 14.6 Å². The van der Waals surface area contributed by atoms with Gasteiger partial charge >= 0.3 is 0 Å². The molecule has 0 saturated carbocycles. The molecule has 2 heterocycles. The van der Waals surface area contributed by atoms with E-state index in [1.54, 1.807) is 37.7 Å². The number of allylic oxidation sites excluding steroid dienone is 4. The number of fused-ring (bicyclic) bond motifs is 1. The van der Waals surface area contributed by atoms with Crippen molar-refractivity contribution in [3.8, 4) is 11.4 Å². The molecular weight excluding hydrogens is 358 g/mol. The van der Waals surface area contributed by atoms with Gasteiger partial charge in [-0.3, -0.25) is 4.98 Å². The van der Waals surface area contributed by atoms with E-state index in [1.165, 1.54) is 13.0 Å². The summed E-state index contributed by atoms with van der Waals surface area (Å²) in [5.41, 5.74) is 1.29. The van der Waals surface area contributed by atoms with E-state index in [-0.39, 0.29) is 0 Å². The van der Waals surface area contributed by atoms with Crippen LogP contribution in [0.2, 0.25) is 0 Å². The van der Waals surface area contributed by atoms with Crippen molar-refractivity contribution in [1.82, 2.24) is 15.0 Å². The lowest BCUT2D eigenvalue weighted by atomic mass is 9.84. The molecule has 0 saturated heterocycles. The number of rotatable bonds is 3. The Bertz CT molecular complexity index is 1100. The van der Waals surface area contributed by atoms with Gasteiger partial charge in [-0.2, -0.15) is 0 Å². The summed E-state index contributed by atoms with van der Waals surface area (Å²) in [6.07, 6.45) is 6.11. The summed E-state index contributed by atoms with van der Waals surface area (Å²) in [6, 6.07) is 7.34. The molecule has 0 aliphatic heterocycles. The topological polar surface area (TPSA) is 50.7 Å². The van der Waals surface area contributed by atoms with Crippen molar-refractivity contribution in [1.29, 1.82) is 0 Å². The number of nitrogens with one attached hydrogen (secondary N) is 1. The van der Waals surface area contributed by atoms with Gasteiger partial charge in [0.25, 0.3) is 0 Å². The molecular formula is C22H20F2N4. The lowest BCUT2D eigenvalue weighted by Crippen LogP contribution is -2.32. The third-order valence-corrected chi connectivity index (χ3v) is 5.06. The number of anilines is 1. The first kappa shape index (κ1) is 18.2. The number of halogens is 2. The predicted octanol–water partition coefficient (Wildman–Crippen LogP) is 5.06. The third-order valence-electron chi connectivity index (χ3n) is 5.06. The fourth-order valence-corrected chi connectivity index (χ4v) is 3.55. The van der Waals surface area contributed by atoms with E-state index in [4.69, 9.17) is 0 Å². The van der Waals surface area contributed by atoms with Gasteiger partial charge in [-0.05, 0) is 54.8 Å². The summed E-state index contributed by atoms with van der Waals surface area (Å²) in [5.74, 6) is 1.19. The average molecular weight is 378 g/mol. The molecule has 142 valence electrons. The zero-order valence-electron chi connectivity index (χ0n) is 15.9. The summed E-state index contributed by atoms with van der Waals surface area (Å²) in [5, 5.41) is 3.89. The quantitative estimate of drug-likeness (QED) is 0.692. The highest BCUT2D eigenvalue weighted by molar-refractivity contribution is 5.97. The molecule has 6 heteroatoms. The molecule has 28 heavy (non-hydrogen) atoms. The summed E-state index contributed by atoms with van der Waals surface area (Å²) >= 11 is 0. The van der Waals surface area contributed by atoms with Gasteiger partial charge in [-0.1, -0.05) is 18.2 Å². The van der Waals surface area contributed by atoms with E-state index in [0.29, 0.717) is 22.8 Å². The lowest BCUT2D eigenvalue weighted by molar-refractivity contribution is 0.151. The Morgan fingerprint density at radius 2 is 2.00 bits per heavy atom. The maximum Gasteiger partial charge on any atom is 0.163 e. The van der Waals surface area contributed by atoms with Crippen LogP contribution in [0.5, 0.6) is 0 Å². The van der Waals surface area contributed by atoms with E-state index in [0.717, 1.165) is 22.0 Å². The molecule has 2 atom stereocenters. The Morgan fingerprint density at radius 1 is 1.18 bits per heavy atom. The zero-order valence-corrected chi connectivity index (χ0v) is 15.9. The van der Waals surface area contributed by atoms with Gasteiger partial charge in [-0.15, -0.1) is 0 Å². The first-order chi connectivity index (χ1) is 13.4. The average Bonchev–Trinajstić information content (AvgIpc) is 2.70. The summed E-state index contributed by atoms with van der Waals surface area (Å²) in [6.45, 7) is 3.13. The van der Waals surface area contributed by atoms with E-state index in [2.05, 4.69) is 20.3 Å². The van der Waals surface area contributed by atoms with Crippen LogP contribution in [0.25, 0.3) is 27.9 Å². The minimum atomic E-state index is -2.03. The number of hydrogen-bond acceptors (Lipinski definition) is 4. The number of pyridine rings is 1. The number of nitrogens with zero attached hydrogens (tertiary/aromatic N) is 3. The first-order valence-electron chi connectivity index (χ1n) is 9.04. The molecule has 0 fully saturated rings. The summed E-state index contributed by atoms with van der Waals surface area (Å²) in [4.78, 5) is 13.4. The molecule has 0 radical (unpaired) electrons. The molecule has 0 amide bonds. The van der Waals surface area contributed by atoms with Crippen molar-refractivity contribution in [2.45, 2.75) is 25.7 Å². The molecule has 0 spiro atoms. The van der Waals surface area contributed by atoms with E-state index in [1.807, 2.05) is 25.1 Å². The second kappa shape index (κ2) is 6.78. The van der Waals surface area contributed by atoms with Crippen LogP contribution >= 0.6 is 0 Å². The van der Waals surface area contributed by atoms with Gasteiger partial charge in [0.05, 0.1) is 5.52 Å². The van der Waals surface area contributed by atoms with Crippen molar-refractivity contribution in [3.05, 3.63) is 66.0 Å². The normalized spacial score (nSPS) is 21.6. The highest BCUT2D eigenvalue weighted by Gasteiger charge is 2.37. The molecule has 4 nitrogen and oxygen atoms in total. The van der Waals surface area contributed by atoms with E-state index < -0.39 is 11.8 Å². The van der Waals surface area contributed by atoms with Gasteiger partial charge in [0.2, 0.25) is 0 Å². The number of aryl methyl sites for hydroxylation is 1. The van der Waals surface area contributed by atoms with E-state index >= 15 is 0 Å². The first-order valence-corrected chi connectivity index (χ1v) is 9.04. The number of hydrogen-bond donors (Lipinski definition) is 1. The standard InChI is InChI=1S/C22H20F2N4/c1-13-15(16-7-4-10-22(2,24)19(16)23)8-9-17-18(13)21(25-3)28-20(27-17)14-6-5-11-26-12-14/h4-12,19H,1-3H3,(H,25,27,28)/t19?,22-/m1/s1. The van der Waals surface area contributed by atoms with Crippen LogP contribution in [0.3, 0.4) is 0 Å². The third kappa shape index (κ3) is 2.95. The molecule has 1 aliphatic carbocycles. The highest BCUT2D eigenvalue weighted by atomic mass is 19.2. The fourth-order valence-electron chi connectivity index (χ4n) is 3.55. The van der Waals surface area contributed by atoms with Crippen molar-refractivity contribution >= 4 is 22.3 Å². The minimum absolute atomic E-state index is 0.324. The molecule has 1 aromatic carbocycles. The molecule has 1 N–H and O–H groups in total. The van der Waals surface area contributed by atoms with Crippen molar-refractivity contribution < 1.29 is 8.78 Å². The van der Waals surface area contributed by atoms with Crippen LogP contribution in [0.15, 0.2) is 54.9 Å². The molecule has 3 aromatic rings. The largest absolute Gasteiger partial charge is 0.373 e. The molecule has 0 bridgehead atoms. The van der Waals surface area contributed by atoms with Crippen LogP contribution in [-0.4, -0.2) is 33.8 Å². The van der Waals surface area contributed by atoms with Gasteiger partial charge in [0.15, 0.2) is 17.7 Å². The van der Waals surface area contributed by atoms with Gasteiger partial charge in [0.1, 0.15) is 5.82 Å². The van der Waals surface area contributed by atoms with Crippen molar-refractivity contribution in [2.24, 2.45) is 0 Å². The van der Waals surface area contributed by atoms with Crippen molar-refractivity contribution in [3.63, 3.8) is 0 Å². The summed E-state index contributed by atoms with van der Waals surface area (Å²) < 4.78 is 29.3. The zero-order chi connectivity index (χ0) is 19.9.